The Hall–Kier alpha value is -4.23. The molecular weight excluding hydrogens is 586 g/mol. The number of hydrogen-bond acceptors (Lipinski definition) is 9. The van der Waals surface area contributed by atoms with Gasteiger partial charge in [-0.05, 0) is 45.0 Å². The fourth-order valence-electron chi connectivity index (χ4n) is 4.18. The number of hydrogen-bond donors (Lipinski definition) is 1. The van der Waals surface area contributed by atoms with Gasteiger partial charge in [-0.15, -0.1) is 5.10 Å². The monoisotopic (exact) mass is 617 g/mol. The van der Waals surface area contributed by atoms with Gasteiger partial charge in [0.1, 0.15) is 33.7 Å². The Bertz CT molecular complexity index is 1730. The van der Waals surface area contributed by atoms with E-state index < -0.39 is 21.7 Å². The van der Waals surface area contributed by atoms with Crippen LogP contribution in [0.2, 0.25) is 5.15 Å². The highest BCUT2D eigenvalue weighted by Crippen LogP contribution is 2.36. The Kier molecular flexibility index (Phi) is 8.73. The molecule has 0 aliphatic rings. The molecule has 2 aromatic heterocycles. The zero-order valence-corrected chi connectivity index (χ0v) is 25.8. The van der Waals surface area contributed by atoms with Gasteiger partial charge in [-0.25, -0.2) is 22.9 Å². The molecular formula is C28H32ClN5O7S. The van der Waals surface area contributed by atoms with E-state index in [1.165, 1.54) is 31.4 Å². The van der Waals surface area contributed by atoms with Crippen LogP contribution in [0, 0.1) is 0 Å². The smallest absolute Gasteiger partial charge is 0.416 e. The number of sulfonamides is 1. The highest BCUT2D eigenvalue weighted by Gasteiger charge is 2.30. The minimum absolute atomic E-state index is 0.0329. The molecule has 42 heavy (non-hydrogen) atoms. The van der Waals surface area contributed by atoms with Crippen molar-refractivity contribution in [3.05, 3.63) is 59.4 Å². The first kappa shape index (κ1) is 30.7. The third-order valence-electron chi connectivity index (χ3n) is 5.92. The molecule has 0 bridgehead atoms. The van der Waals surface area contributed by atoms with Crippen LogP contribution in [0.15, 0.2) is 48.7 Å². The fourth-order valence-corrected chi connectivity index (χ4v) is 4.89. The summed E-state index contributed by atoms with van der Waals surface area (Å²) >= 11 is 6.29. The first-order chi connectivity index (χ1) is 19.7. The summed E-state index contributed by atoms with van der Waals surface area (Å²) in [5.74, 6) is 1.65. The average Bonchev–Trinajstić information content (AvgIpc) is 3.27. The molecule has 2 heterocycles. The molecule has 0 unspecified atom stereocenters. The number of anilines is 2. The van der Waals surface area contributed by atoms with Gasteiger partial charge in [-0.3, -0.25) is 9.62 Å². The molecule has 0 fully saturated rings. The molecule has 224 valence electrons. The molecule has 0 atom stereocenters. The molecule has 0 aliphatic carbocycles. The third kappa shape index (κ3) is 6.97. The molecule has 0 radical (unpaired) electrons. The first-order valence-electron chi connectivity index (χ1n) is 12.6. The van der Waals surface area contributed by atoms with Crippen LogP contribution in [-0.2, 0) is 21.3 Å². The maximum Gasteiger partial charge on any atom is 0.416 e. The van der Waals surface area contributed by atoms with Crippen molar-refractivity contribution in [2.75, 3.05) is 37.2 Å². The second-order valence-corrected chi connectivity index (χ2v) is 12.4. The number of nitrogens with zero attached hydrogens (tertiary/aromatic N) is 4. The van der Waals surface area contributed by atoms with Crippen LogP contribution in [0.4, 0.5) is 16.3 Å². The van der Waals surface area contributed by atoms with Crippen LogP contribution in [0.1, 0.15) is 26.3 Å². The van der Waals surface area contributed by atoms with Gasteiger partial charge in [0.05, 0.1) is 50.7 Å². The van der Waals surface area contributed by atoms with Crippen molar-refractivity contribution in [3.63, 3.8) is 0 Å². The maximum absolute atomic E-state index is 13.7. The predicted octanol–water partition coefficient (Wildman–Crippen LogP) is 5.41. The third-order valence-corrected chi connectivity index (χ3v) is 6.73. The summed E-state index contributed by atoms with van der Waals surface area (Å²) in [6.45, 7) is 5.34. The number of fused-ring (bicyclic) bond motifs is 1. The lowest BCUT2D eigenvalue weighted by Crippen LogP contribution is -2.37. The van der Waals surface area contributed by atoms with Crippen LogP contribution in [-0.4, -0.2) is 62.5 Å². The van der Waals surface area contributed by atoms with E-state index in [0.29, 0.717) is 45.1 Å². The van der Waals surface area contributed by atoms with Gasteiger partial charge in [0.25, 0.3) is 0 Å². The summed E-state index contributed by atoms with van der Waals surface area (Å²) in [5.41, 5.74) is 1.15. The highest BCUT2D eigenvalue weighted by atomic mass is 35.5. The normalized spacial score (nSPS) is 11.7. The van der Waals surface area contributed by atoms with Crippen LogP contribution < -0.4 is 23.8 Å². The lowest BCUT2D eigenvalue weighted by Gasteiger charge is -2.27. The number of ether oxygens (including phenoxy) is 4. The van der Waals surface area contributed by atoms with Crippen molar-refractivity contribution in [1.82, 2.24) is 14.8 Å². The summed E-state index contributed by atoms with van der Waals surface area (Å²) < 4.78 is 49.8. The second kappa shape index (κ2) is 11.9. The van der Waals surface area contributed by atoms with Crippen LogP contribution in [0.5, 0.6) is 17.2 Å². The van der Waals surface area contributed by atoms with Gasteiger partial charge in [0.2, 0.25) is 10.0 Å². The van der Waals surface area contributed by atoms with E-state index in [1.807, 2.05) is 0 Å². The highest BCUT2D eigenvalue weighted by molar-refractivity contribution is 7.92. The lowest BCUT2D eigenvalue weighted by molar-refractivity contribution is 0.0576. The molecule has 1 amide bonds. The molecule has 0 aliphatic heterocycles. The summed E-state index contributed by atoms with van der Waals surface area (Å²) in [4.78, 5) is 19.3. The standard InChI is InChI=1S/C28H32ClN5O7S/c1-28(2,3)41-27(35)33(16-17-8-10-19(38-4)13-23(17)39-5)26-20-15-30-25(29)14-22(20)34(31-26)21-11-9-18(12-24(21)40-6)32-42(7,36)37/h8-15,32H,16H2,1-7H3. The number of nitrogens with one attached hydrogen (secondary N) is 1. The maximum atomic E-state index is 13.7. The van der Waals surface area contributed by atoms with Gasteiger partial charge >= 0.3 is 6.09 Å². The number of methoxy groups -OCH3 is 3. The average molecular weight is 618 g/mol. The van der Waals surface area contributed by atoms with E-state index in [-0.39, 0.29) is 17.5 Å². The number of aromatic nitrogens is 3. The second-order valence-electron chi connectivity index (χ2n) is 10.3. The van der Waals surface area contributed by atoms with Crippen molar-refractivity contribution >= 4 is 50.1 Å². The van der Waals surface area contributed by atoms with Gasteiger partial charge in [0, 0.05) is 30.0 Å². The van der Waals surface area contributed by atoms with Crippen LogP contribution >= 0.6 is 11.6 Å². The van der Waals surface area contributed by atoms with Crippen molar-refractivity contribution in [2.45, 2.75) is 32.9 Å². The number of carbonyl (C=O) groups is 1. The fraction of sp³-hybridized carbons (Fsp3) is 0.321. The van der Waals surface area contributed by atoms with Crippen molar-refractivity contribution in [3.8, 4) is 22.9 Å². The van der Waals surface area contributed by atoms with E-state index in [4.69, 9.17) is 35.6 Å². The summed E-state index contributed by atoms with van der Waals surface area (Å²) in [5, 5.41) is 5.51. The molecule has 0 spiro atoms. The van der Waals surface area contributed by atoms with E-state index in [2.05, 4.69) is 9.71 Å². The molecule has 1 N–H and O–H groups in total. The number of carbonyl (C=O) groups excluding carboxylic acids is 1. The largest absolute Gasteiger partial charge is 0.497 e. The van der Waals surface area contributed by atoms with Gasteiger partial charge in [-0.1, -0.05) is 11.6 Å². The molecule has 14 heteroatoms. The van der Waals surface area contributed by atoms with Crippen LogP contribution in [0.3, 0.4) is 0 Å². The van der Waals surface area contributed by atoms with Crippen molar-refractivity contribution in [2.24, 2.45) is 0 Å². The Morgan fingerprint density at radius 3 is 2.36 bits per heavy atom. The van der Waals surface area contributed by atoms with Gasteiger partial charge in [0.15, 0.2) is 5.82 Å². The summed E-state index contributed by atoms with van der Waals surface area (Å²) in [7, 11) is 1.01. The molecule has 4 aromatic rings. The molecule has 2 aromatic carbocycles. The Morgan fingerprint density at radius 2 is 1.74 bits per heavy atom. The molecule has 0 saturated heterocycles. The van der Waals surface area contributed by atoms with Crippen LogP contribution in [0.25, 0.3) is 16.6 Å². The molecule has 12 nitrogen and oxygen atoms in total. The zero-order valence-electron chi connectivity index (χ0n) is 24.3. The molecule has 0 saturated carbocycles. The number of amides is 1. The zero-order chi connectivity index (χ0) is 30.8. The van der Waals surface area contributed by atoms with E-state index in [9.17, 15) is 13.2 Å². The van der Waals surface area contributed by atoms with Crippen molar-refractivity contribution in [1.29, 1.82) is 0 Å². The lowest BCUT2D eigenvalue weighted by atomic mass is 10.1. The summed E-state index contributed by atoms with van der Waals surface area (Å²) in [6.07, 6.45) is 1.92. The minimum atomic E-state index is -3.52. The number of pyridine rings is 1. The Morgan fingerprint density at radius 1 is 1.02 bits per heavy atom. The van der Waals surface area contributed by atoms with E-state index in [0.717, 1.165) is 6.26 Å². The van der Waals surface area contributed by atoms with E-state index in [1.54, 1.807) is 69.0 Å². The first-order valence-corrected chi connectivity index (χ1v) is 14.9. The Labute approximate surface area is 249 Å². The van der Waals surface area contributed by atoms with Gasteiger partial charge < -0.3 is 18.9 Å². The SMILES string of the molecule is COc1ccc(CN(C(=O)OC(C)(C)C)c2nn(-c3ccc(NS(C)(=O)=O)cc3OC)c3cc(Cl)ncc23)c(OC)c1. The quantitative estimate of drug-likeness (QED) is 0.245. The molecule has 4 rings (SSSR count). The van der Waals surface area contributed by atoms with Crippen molar-refractivity contribution < 1.29 is 32.2 Å². The number of benzene rings is 2. The number of halogens is 1. The minimum Gasteiger partial charge on any atom is -0.497 e. The predicted molar refractivity (Wildman–Crippen MR) is 161 cm³/mol. The van der Waals surface area contributed by atoms with E-state index >= 15 is 0 Å². The van der Waals surface area contributed by atoms with Gasteiger partial charge in [-0.2, -0.15) is 0 Å². The topological polar surface area (TPSA) is 134 Å². The number of rotatable bonds is 9. The summed E-state index contributed by atoms with van der Waals surface area (Å²) in [6, 6.07) is 11.6. The Balaban J connectivity index is 1.92.